The van der Waals surface area contributed by atoms with Gasteiger partial charge in [0.25, 0.3) is 0 Å². The number of hydrogen-bond acceptors (Lipinski definition) is 3. The summed E-state index contributed by atoms with van der Waals surface area (Å²) in [6, 6.07) is 0. The Labute approximate surface area is 106 Å². The van der Waals surface area contributed by atoms with Gasteiger partial charge in [0.2, 0.25) is 5.91 Å². The van der Waals surface area contributed by atoms with Crippen molar-refractivity contribution in [3.63, 3.8) is 0 Å². The van der Waals surface area contributed by atoms with Crippen molar-refractivity contribution in [3.8, 4) is 0 Å². The molecule has 6 heteroatoms. The van der Waals surface area contributed by atoms with Crippen molar-refractivity contribution < 1.29 is 4.79 Å². The van der Waals surface area contributed by atoms with Gasteiger partial charge < -0.3 is 11.1 Å². The fraction of sp³-hybridized carbons (Fsp3) is 0.545. The number of aromatic nitrogens is 2. The van der Waals surface area contributed by atoms with Crippen molar-refractivity contribution in [1.29, 1.82) is 0 Å². The normalized spacial score (nSPS) is 10.6. The van der Waals surface area contributed by atoms with Crippen LogP contribution in [0.3, 0.4) is 0 Å². The lowest BCUT2D eigenvalue weighted by atomic mass is 10.1. The molecule has 0 aliphatic rings. The molecule has 0 saturated carbocycles. The molecule has 1 amide bonds. The van der Waals surface area contributed by atoms with Crippen molar-refractivity contribution >= 4 is 28.9 Å². The topological polar surface area (TPSA) is 72.9 Å². The van der Waals surface area contributed by atoms with Gasteiger partial charge in [-0.1, -0.05) is 26.1 Å². The van der Waals surface area contributed by atoms with Gasteiger partial charge in [0.1, 0.15) is 10.8 Å². The van der Waals surface area contributed by atoms with Crippen LogP contribution >= 0.6 is 12.2 Å². The fourth-order valence-corrected chi connectivity index (χ4v) is 1.53. The van der Waals surface area contributed by atoms with Gasteiger partial charge in [0.05, 0.1) is 11.8 Å². The van der Waals surface area contributed by atoms with Crippen LogP contribution < -0.4 is 11.1 Å². The largest absolute Gasteiger partial charge is 0.389 e. The number of nitrogens with two attached hydrogens (primary N) is 1. The summed E-state index contributed by atoms with van der Waals surface area (Å²) in [4.78, 5) is 11.9. The molecule has 94 valence electrons. The van der Waals surface area contributed by atoms with Crippen LogP contribution in [0.1, 0.15) is 32.3 Å². The molecule has 0 fully saturated rings. The van der Waals surface area contributed by atoms with Gasteiger partial charge in [0, 0.05) is 13.5 Å². The lowest BCUT2D eigenvalue weighted by Crippen LogP contribution is -2.18. The molecule has 1 rings (SSSR count). The first-order chi connectivity index (χ1) is 7.91. The maximum atomic E-state index is 11.7. The first-order valence-corrected chi connectivity index (χ1v) is 5.94. The minimum Gasteiger partial charge on any atom is -0.389 e. The van der Waals surface area contributed by atoms with Gasteiger partial charge in [-0.15, -0.1) is 0 Å². The predicted molar refractivity (Wildman–Crippen MR) is 71.8 cm³/mol. The summed E-state index contributed by atoms with van der Waals surface area (Å²) in [7, 11) is 1.74. The van der Waals surface area contributed by atoms with Gasteiger partial charge in [-0.25, -0.2) is 0 Å². The molecule has 1 aromatic heterocycles. The quantitative estimate of drug-likeness (QED) is 0.780. The number of nitrogens with zero attached hydrogens (tertiary/aromatic N) is 2. The number of thiocarbonyl (C=S) groups is 1. The van der Waals surface area contributed by atoms with Crippen molar-refractivity contribution in [2.45, 2.75) is 26.7 Å². The standard InChI is InChI=1S/C11H18N4OS/c1-7(2)4-5-9(16)14-11-8(10(12)17)6-13-15(11)3/h6-7H,4-5H2,1-3H3,(H2,12,17)(H,14,16). The molecule has 0 atom stereocenters. The third-order valence-corrected chi connectivity index (χ3v) is 2.63. The summed E-state index contributed by atoms with van der Waals surface area (Å²) in [6.45, 7) is 4.16. The molecule has 0 unspecified atom stereocenters. The monoisotopic (exact) mass is 254 g/mol. The lowest BCUT2D eigenvalue weighted by molar-refractivity contribution is -0.116. The van der Waals surface area contributed by atoms with Crippen LogP contribution in [-0.2, 0) is 11.8 Å². The third-order valence-electron chi connectivity index (χ3n) is 2.41. The molecule has 0 spiro atoms. The van der Waals surface area contributed by atoms with E-state index in [1.54, 1.807) is 17.9 Å². The zero-order valence-corrected chi connectivity index (χ0v) is 11.2. The number of aryl methyl sites for hydroxylation is 1. The van der Waals surface area contributed by atoms with E-state index in [0.717, 1.165) is 6.42 Å². The second-order valence-electron chi connectivity index (χ2n) is 4.38. The summed E-state index contributed by atoms with van der Waals surface area (Å²) in [5, 5.41) is 6.81. The van der Waals surface area contributed by atoms with Crippen molar-refractivity contribution in [1.82, 2.24) is 9.78 Å². The van der Waals surface area contributed by atoms with E-state index in [4.69, 9.17) is 18.0 Å². The highest BCUT2D eigenvalue weighted by atomic mass is 32.1. The summed E-state index contributed by atoms with van der Waals surface area (Å²) in [6.07, 6.45) is 2.89. The van der Waals surface area contributed by atoms with E-state index < -0.39 is 0 Å². The third kappa shape index (κ3) is 3.81. The van der Waals surface area contributed by atoms with Crippen LogP contribution in [0.4, 0.5) is 5.82 Å². The van der Waals surface area contributed by atoms with Crippen molar-refractivity contribution in [3.05, 3.63) is 11.8 Å². The Balaban J connectivity index is 2.71. The first kappa shape index (κ1) is 13.6. The van der Waals surface area contributed by atoms with Crippen LogP contribution in [0, 0.1) is 5.92 Å². The molecular weight excluding hydrogens is 236 g/mol. The van der Waals surface area contributed by atoms with E-state index in [9.17, 15) is 4.79 Å². The summed E-state index contributed by atoms with van der Waals surface area (Å²) < 4.78 is 1.56. The number of rotatable bonds is 5. The Morgan fingerprint density at radius 1 is 1.65 bits per heavy atom. The highest BCUT2D eigenvalue weighted by molar-refractivity contribution is 7.80. The zero-order valence-electron chi connectivity index (χ0n) is 10.4. The SMILES string of the molecule is CC(C)CCC(=O)Nc1c(C(N)=S)cnn1C. The van der Waals surface area contributed by atoms with E-state index in [1.165, 1.54) is 0 Å². The van der Waals surface area contributed by atoms with Crippen LogP contribution in [0.5, 0.6) is 0 Å². The molecule has 17 heavy (non-hydrogen) atoms. The number of amides is 1. The molecule has 0 aliphatic heterocycles. The Morgan fingerprint density at radius 2 is 2.29 bits per heavy atom. The lowest BCUT2D eigenvalue weighted by Gasteiger charge is -2.08. The van der Waals surface area contributed by atoms with E-state index >= 15 is 0 Å². The summed E-state index contributed by atoms with van der Waals surface area (Å²) in [5.74, 6) is 1.02. The summed E-state index contributed by atoms with van der Waals surface area (Å²) >= 11 is 4.90. The average molecular weight is 254 g/mol. The number of carbonyl (C=O) groups is 1. The smallest absolute Gasteiger partial charge is 0.225 e. The molecule has 0 aliphatic carbocycles. The second kappa shape index (κ2) is 5.77. The van der Waals surface area contributed by atoms with Gasteiger partial charge in [-0.05, 0) is 12.3 Å². The summed E-state index contributed by atoms with van der Waals surface area (Å²) in [5.41, 5.74) is 6.15. The maximum Gasteiger partial charge on any atom is 0.225 e. The maximum absolute atomic E-state index is 11.7. The van der Waals surface area contributed by atoms with Crippen LogP contribution in [0.2, 0.25) is 0 Å². The Kier molecular flexibility index (Phi) is 4.62. The van der Waals surface area contributed by atoms with Crippen molar-refractivity contribution in [2.24, 2.45) is 18.7 Å². The Bertz CT molecular complexity index is 425. The highest BCUT2D eigenvalue weighted by Gasteiger charge is 2.13. The molecular formula is C11H18N4OS. The minimum atomic E-state index is -0.0419. The molecule has 0 saturated heterocycles. The molecule has 1 heterocycles. The number of carbonyl (C=O) groups excluding carboxylic acids is 1. The average Bonchev–Trinajstić information content (AvgIpc) is 2.58. The highest BCUT2D eigenvalue weighted by Crippen LogP contribution is 2.14. The van der Waals surface area contributed by atoms with E-state index in [2.05, 4.69) is 24.3 Å². The first-order valence-electron chi connectivity index (χ1n) is 5.53. The van der Waals surface area contributed by atoms with Crippen molar-refractivity contribution in [2.75, 3.05) is 5.32 Å². The van der Waals surface area contributed by atoms with Gasteiger partial charge in [-0.2, -0.15) is 5.10 Å². The number of anilines is 1. The molecule has 5 nitrogen and oxygen atoms in total. The van der Waals surface area contributed by atoms with Gasteiger partial charge in [-0.3, -0.25) is 9.48 Å². The Hall–Kier alpha value is -1.43. The van der Waals surface area contributed by atoms with E-state index in [-0.39, 0.29) is 10.9 Å². The Morgan fingerprint density at radius 3 is 2.82 bits per heavy atom. The van der Waals surface area contributed by atoms with Gasteiger partial charge >= 0.3 is 0 Å². The molecule has 0 radical (unpaired) electrons. The predicted octanol–water partition coefficient (Wildman–Crippen LogP) is 1.43. The molecule has 3 N–H and O–H groups in total. The molecule has 0 aromatic carbocycles. The van der Waals surface area contributed by atoms with E-state index in [0.29, 0.717) is 23.7 Å². The number of nitrogens with one attached hydrogen (secondary N) is 1. The van der Waals surface area contributed by atoms with Crippen LogP contribution in [-0.4, -0.2) is 20.7 Å². The molecule has 0 bridgehead atoms. The number of hydrogen-bond donors (Lipinski definition) is 2. The van der Waals surface area contributed by atoms with Crippen LogP contribution in [0.15, 0.2) is 6.20 Å². The van der Waals surface area contributed by atoms with Gasteiger partial charge in [0.15, 0.2) is 0 Å². The molecule has 1 aromatic rings. The minimum absolute atomic E-state index is 0.0419. The van der Waals surface area contributed by atoms with E-state index in [1.807, 2.05) is 0 Å². The van der Waals surface area contributed by atoms with Crippen LogP contribution in [0.25, 0.3) is 0 Å². The fourth-order valence-electron chi connectivity index (χ4n) is 1.38. The second-order valence-corrected chi connectivity index (χ2v) is 4.82. The zero-order chi connectivity index (χ0) is 13.0.